The lowest BCUT2D eigenvalue weighted by molar-refractivity contribution is -0.164. The largest absolute Gasteiger partial charge is 0.457 e. The van der Waals surface area contributed by atoms with Crippen molar-refractivity contribution >= 4 is 11.9 Å². The maximum absolute atomic E-state index is 14.7. The number of esters is 2. The number of carbonyl (C=O) groups is 2. The second-order valence-electron chi connectivity index (χ2n) is 11.6. The Labute approximate surface area is 221 Å². The Bertz CT molecular complexity index is 908. The van der Waals surface area contributed by atoms with Crippen molar-refractivity contribution < 1.29 is 32.9 Å². The molecule has 37 heavy (non-hydrogen) atoms. The average Bonchev–Trinajstić information content (AvgIpc) is 3.48. The number of cyclic esters (lactones) is 1. The van der Waals surface area contributed by atoms with Gasteiger partial charge in [0, 0.05) is 12.8 Å². The van der Waals surface area contributed by atoms with Gasteiger partial charge in [-0.3, -0.25) is 9.59 Å². The van der Waals surface area contributed by atoms with Gasteiger partial charge in [0.15, 0.2) is 0 Å². The van der Waals surface area contributed by atoms with Gasteiger partial charge in [0.2, 0.25) is 0 Å². The summed E-state index contributed by atoms with van der Waals surface area (Å²) < 4.78 is 38.0. The number of carbonyl (C=O) groups excluding carboxylic acids is 2. The zero-order chi connectivity index (χ0) is 27.4. The lowest BCUT2D eigenvalue weighted by atomic mass is 9.91. The number of epoxide rings is 1. The molecule has 3 rings (SSSR count). The normalized spacial score (nSPS) is 37.8. The lowest BCUT2D eigenvalue weighted by Crippen LogP contribution is -2.41. The van der Waals surface area contributed by atoms with Gasteiger partial charge in [-0.2, -0.15) is 0 Å². The van der Waals surface area contributed by atoms with Gasteiger partial charge in [-0.15, -0.1) is 0 Å². The van der Waals surface area contributed by atoms with E-state index in [1.807, 2.05) is 52.0 Å². The number of allylic oxidation sites excluding steroid dienone is 3. The van der Waals surface area contributed by atoms with E-state index in [4.69, 9.17) is 18.9 Å². The second kappa shape index (κ2) is 12.2. The molecule has 2 saturated heterocycles. The summed E-state index contributed by atoms with van der Waals surface area (Å²) in [6, 6.07) is 0. The highest BCUT2D eigenvalue weighted by Gasteiger charge is 2.52. The average molecular weight is 521 g/mol. The smallest absolute Gasteiger partial charge is 0.309 e. The number of rotatable bonds is 9. The quantitative estimate of drug-likeness (QED) is 0.156. The van der Waals surface area contributed by atoms with E-state index in [1.165, 1.54) is 6.92 Å². The molecule has 208 valence electrons. The highest BCUT2D eigenvalue weighted by atomic mass is 19.1. The molecule has 0 N–H and O–H groups in total. The molecule has 6 nitrogen and oxygen atoms in total. The monoisotopic (exact) mass is 520 g/mol. The number of ether oxygens (including phenoxy) is 4. The molecule has 0 aromatic heterocycles. The number of fused-ring (bicyclic) bond motifs is 2. The zero-order valence-electron chi connectivity index (χ0n) is 23.5. The Morgan fingerprint density at radius 2 is 2.08 bits per heavy atom. The number of halogens is 1. The van der Waals surface area contributed by atoms with Gasteiger partial charge in [-0.1, -0.05) is 51.5 Å². The third kappa shape index (κ3) is 8.00. The molecule has 7 heteroatoms. The summed E-state index contributed by atoms with van der Waals surface area (Å²) in [4.78, 5) is 24.6. The first-order chi connectivity index (χ1) is 17.3. The van der Waals surface area contributed by atoms with Crippen molar-refractivity contribution in [3.8, 4) is 0 Å². The van der Waals surface area contributed by atoms with Crippen LogP contribution in [0.3, 0.4) is 0 Å². The summed E-state index contributed by atoms with van der Waals surface area (Å²) in [7, 11) is 0. The Balaban J connectivity index is 1.67. The van der Waals surface area contributed by atoms with Crippen molar-refractivity contribution in [1.29, 1.82) is 0 Å². The molecule has 3 aliphatic rings. The molecule has 9 unspecified atom stereocenters. The van der Waals surface area contributed by atoms with E-state index in [-0.39, 0.29) is 48.5 Å². The van der Waals surface area contributed by atoms with Crippen LogP contribution in [0.1, 0.15) is 87.0 Å². The molecular formula is C30H45FO6. The number of hydrogen-bond acceptors (Lipinski definition) is 6. The molecule has 0 aliphatic carbocycles. The van der Waals surface area contributed by atoms with E-state index < -0.39 is 23.5 Å². The van der Waals surface area contributed by atoms with Gasteiger partial charge in [-0.25, -0.2) is 4.39 Å². The first-order valence-electron chi connectivity index (χ1n) is 13.8. The van der Waals surface area contributed by atoms with Crippen molar-refractivity contribution in [3.05, 3.63) is 36.0 Å². The van der Waals surface area contributed by atoms with Crippen LogP contribution < -0.4 is 0 Å². The minimum absolute atomic E-state index is 0.0378. The molecule has 0 saturated carbocycles. The molecule has 9 atom stereocenters. The van der Waals surface area contributed by atoms with E-state index >= 15 is 0 Å². The van der Waals surface area contributed by atoms with Gasteiger partial charge in [0.1, 0.15) is 29.6 Å². The fraction of sp³-hybridized carbons (Fsp3) is 0.733. The molecule has 3 aliphatic heterocycles. The second-order valence-corrected chi connectivity index (χ2v) is 11.6. The van der Waals surface area contributed by atoms with Crippen LogP contribution in [0.25, 0.3) is 0 Å². The van der Waals surface area contributed by atoms with Crippen LogP contribution in [0.5, 0.6) is 0 Å². The van der Waals surface area contributed by atoms with Crippen molar-refractivity contribution in [3.63, 3.8) is 0 Å². The molecule has 0 aromatic rings. The Morgan fingerprint density at radius 3 is 2.76 bits per heavy atom. The minimum Gasteiger partial charge on any atom is -0.457 e. The van der Waals surface area contributed by atoms with Crippen LogP contribution in [0.4, 0.5) is 4.39 Å². The molecule has 0 spiro atoms. The molecule has 0 radical (unpaired) electrons. The number of hydrogen-bond donors (Lipinski definition) is 0. The highest BCUT2D eigenvalue weighted by molar-refractivity contribution is 5.70. The molecule has 2 fully saturated rings. The SMILES string of the molecule is CCCC(C)(F)C1OC1CC(C)/C=C/C=C(\C)C1OC(=O)CC2CCC(C)(O2)C(OC(C)=O)/C=C/C1C. The van der Waals surface area contributed by atoms with Crippen LogP contribution in [-0.2, 0) is 28.5 Å². The predicted octanol–water partition coefficient (Wildman–Crippen LogP) is 6.19. The Morgan fingerprint density at radius 1 is 1.35 bits per heavy atom. The fourth-order valence-corrected chi connectivity index (χ4v) is 5.63. The van der Waals surface area contributed by atoms with Crippen molar-refractivity contribution in [1.82, 2.24) is 0 Å². The standard InChI is InChI=1S/C30H45FO6/c1-8-15-29(6,31)28-24(35-28)17-19(2)10-9-11-20(3)27-21(4)12-13-25(34-22(5)32)30(7)16-14-23(37-30)18-26(33)36-27/h9-13,19,21,23-25,27-28H,8,14-18H2,1-7H3/b10-9+,13-12+,20-11+. The van der Waals surface area contributed by atoms with Crippen LogP contribution in [0, 0.1) is 11.8 Å². The van der Waals surface area contributed by atoms with E-state index in [0.29, 0.717) is 19.3 Å². The van der Waals surface area contributed by atoms with Gasteiger partial charge in [0.05, 0.1) is 18.6 Å². The molecular weight excluding hydrogens is 475 g/mol. The van der Waals surface area contributed by atoms with Gasteiger partial charge in [0.25, 0.3) is 0 Å². The summed E-state index contributed by atoms with van der Waals surface area (Å²) in [5.74, 6) is -0.574. The molecule has 3 heterocycles. The lowest BCUT2D eigenvalue weighted by Gasteiger charge is -2.31. The Hall–Kier alpha value is -1.99. The molecule has 2 bridgehead atoms. The number of alkyl halides is 1. The summed E-state index contributed by atoms with van der Waals surface area (Å²) in [5.41, 5.74) is -1.02. The first kappa shape index (κ1) is 29.6. The first-order valence-corrected chi connectivity index (χ1v) is 13.8. The summed E-state index contributed by atoms with van der Waals surface area (Å²) >= 11 is 0. The van der Waals surface area contributed by atoms with Crippen molar-refractivity contribution in [2.24, 2.45) is 11.8 Å². The van der Waals surface area contributed by atoms with Gasteiger partial charge >= 0.3 is 11.9 Å². The maximum Gasteiger partial charge on any atom is 0.309 e. The van der Waals surface area contributed by atoms with Crippen LogP contribution >= 0.6 is 0 Å². The zero-order valence-corrected chi connectivity index (χ0v) is 23.5. The fourth-order valence-electron chi connectivity index (χ4n) is 5.63. The van der Waals surface area contributed by atoms with E-state index in [9.17, 15) is 14.0 Å². The summed E-state index contributed by atoms with van der Waals surface area (Å²) in [5, 5.41) is 0. The third-order valence-electron chi connectivity index (χ3n) is 7.78. The third-order valence-corrected chi connectivity index (χ3v) is 7.78. The highest BCUT2D eigenvalue weighted by Crippen LogP contribution is 2.41. The van der Waals surface area contributed by atoms with Crippen molar-refractivity contribution in [2.45, 2.75) is 129 Å². The topological polar surface area (TPSA) is 74.4 Å². The maximum atomic E-state index is 14.7. The summed E-state index contributed by atoms with van der Waals surface area (Å²) in [6.45, 7) is 13.0. The molecule has 0 aromatic carbocycles. The Kier molecular flexibility index (Phi) is 9.79. The van der Waals surface area contributed by atoms with Crippen LogP contribution in [-0.4, -0.2) is 53.7 Å². The predicted molar refractivity (Wildman–Crippen MR) is 141 cm³/mol. The van der Waals surface area contributed by atoms with E-state index in [0.717, 1.165) is 18.4 Å². The van der Waals surface area contributed by atoms with Gasteiger partial charge in [-0.05, 0) is 64.0 Å². The van der Waals surface area contributed by atoms with Gasteiger partial charge < -0.3 is 18.9 Å². The minimum atomic E-state index is -1.27. The summed E-state index contributed by atoms with van der Waals surface area (Å²) in [6.07, 6.45) is 11.9. The van der Waals surface area contributed by atoms with Crippen LogP contribution in [0.15, 0.2) is 36.0 Å². The van der Waals surface area contributed by atoms with E-state index in [1.54, 1.807) is 6.92 Å². The van der Waals surface area contributed by atoms with Crippen molar-refractivity contribution in [2.75, 3.05) is 0 Å². The van der Waals surface area contributed by atoms with Crippen LogP contribution in [0.2, 0.25) is 0 Å². The van der Waals surface area contributed by atoms with E-state index in [2.05, 4.69) is 13.0 Å². The molecule has 0 amide bonds.